The Hall–Kier alpha value is -2.37. The number of aryl methyl sites for hydroxylation is 1. The van der Waals surface area contributed by atoms with Crippen molar-refractivity contribution in [1.82, 2.24) is 9.78 Å². The molecule has 3 rings (SSSR count). The molecule has 4 nitrogen and oxygen atoms in total. The fourth-order valence-corrected chi connectivity index (χ4v) is 2.64. The van der Waals surface area contributed by atoms with Gasteiger partial charge in [0.15, 0.2) is 5.11 Å². The molecule has 0 aliphatic carbocycles. The molecule has 0 fully saturated rings. The Balaban J connectivity index is 1.60. The zero-order valence-corrected chi connectivity index (χ0v) is 14.7. The number of hydrogen-bond donors (Lipinski definition) is 2. The van der Waals surface area contributed by atoms with Gasteiger partial charge in [-0.25, -0.2) is 0 Å². The molecule has 0 unspecified atom stereocenters. The van der Waals surface area contributed by atoms with Crippen molar-refractivity contribution in [1.29, 1.82) is 0 Å². The predicted octanol–water partition coefficient (Wildman–Crippen LogP) is 4.70. The Morgan fingerprint density at radius 2 is 1.88 bits per heavy atom. The molecule has 122 valence electrons. The van der Waals surface area contributed by atoms with Crippen LogP contribution in [0.3, 0.4) is 0 Å². The molecule has 0 radical (unpaired) electrons. The monoisotopic (exact) mass is 356 g/mol. The molecule has 3 aromatic rings. The third kappa shape index (κ3) is 4.34. The standard InChI is InChI=1S/C18H17ClN4S/c1-13-4-2-3-5-17(13)22-18(24)21-16-10-20-23(12-16)11-14-6-8-15(19)9-7-14/h2-10,12H,11H2,1H3,(H2,21,22,24). The lowest BCUT2D eigenvalue weighted by Crippen LogP contribution is -2.19. The maximum atomic E-state index is 5.90. The molecule has 1 heterocycles. The SMILES string of the molecule is Cc1ccccc1NC(=S)Nc1cnn(Cc2ccc(Cl)cc2)c1. The first-order valence-electron chi connectivity index (χ1n) is 7.51. The van der Waals surface area contributed by atoms with E-state index in [1.54, 1.807) is 6.20 Å². The molecule has 24 heavy (non-hydrogen) atoms. The average molecular weight is 357 g/mol. The molecule has 0 spiro atoms. The van der Waals surface area contributed by atoms with Gasteiger partial charge in [-0.15, -0.1) is 0 Å². The van der Waals surface area contributed by atoms with E-state index in [2.05, 4.69) is 15.7 Å². The Bertz CT molecular complexity index is 842. The van der Waals surface area contributed by atoms with Gasteiger partial charge in [-0.1, -0.05) is 41.9 Å². The van der Waals surface area contributed by atoms with Crippen LogP contribution in [-0.2, 0) is 6.54 Å². The van der Waals surface area contributed by atoms with Crippen LogP contribution in [0.2, 0.25) is 5.02 Å². The maximum Gasteiger partial charge on any atom is 0.175 e. The third-order valence-electron chi connectivity index (χ3n) is 3.54. The summed E-state index contributed by atoms with van der Waals surface area (Å²) in [4.78, 5) is 0. The Labute approximate surface area is 151 Å². The largest absolute Gasteiger partial charge is 0.332 e. The number of benzene rings is 2. The zero-order chi connectivity index (χ0) is 16.9. The van der Waals surface area contributed by atoms with Crippen LogP contribution in [0, 0.1) is 6.92 Å². The lowest BCUT2D eigenvalue weighted by molar-refractivity contribution is 0.687. The highest BCUT2D eigenvalue weighted by Crippen LogP contribution is 2.15. The van der Waals surface area contributed by atoms with E-state index in [1.807, 2.05) is 66.3 Å². The normalized spacial score (nSPS) is 10.4. The number of rotatable bonds is 4. The van der Waals surface area contributed by atoms with Gasteiger partial charge in [-0.2, -0.15) is 5.10 Å². The minimum atomic E-state index is 0.537. The number of nitrogens with one attached hydrogen (secondary N) is 2. The second-order valence-corrected chi connectivity index (χ2v) is 6.29. The van der Waals surface area contributed by atoms with Gasteiger partial charge in [-0.3, -0.25) is 4.68 Å². The molecule has 2 N–H and O–H groups in total. The van der Waals surface area contributed by atoms with Crippen LogP contribution in [0.5, 0.6) is 0 Å². The van der Waals surface area contributed by atoms with Crippen molar-refractivity contribution >= 4 is 40.3 Å². The summed E-state index contributed by atoms with van der Waals surface area (Å²) in [6.45, 7) is 2.71. The van der Waals surface area contributed by atoms with Crippen LogP contribution < -0.4 is 10.6 Å². The van der Waals surface area contributed by atoms with Crippen molar-refractivity contribution in [3.63, 3.8) is 0 Å². The van der Waals surface area contributed by atoms with Crippen LogP contribution in [-0.4, -0.2) is 14.9 Å². The van der Waals surface area contributed by atoms with Gasteiger partial charge < -0.3 is 10.6 Å². The highest BCUT2D eigenvalue weighted by atomic mass is 35.5. The van der Waals surface area contributed by atoms with Crippen LogP contribution >= 0.6 is 23.8 Å². The lowest BCUT2D eigenvalue weighted by Gasteiger charge is -2.11. The second kappa shape index (κ2) is 7.47. The fraction of sp³-hybridized carbons (Fsp3) is 0.111. The molecule has 0 amide bonds. The van der Waals surface area contributed by atoms with E-state index < -0.39 is 0 Å². The number of para-hydroxylation sites is 1. The maximum absolute atomic E-state index is 5.90. The first kappa shape index (κ1) is 16.5. The number of hydrogen-bond acceptors (Lipinski definition) is 2. The Kier molecular flexibility index (Phi) is 5.13. The van der Waals surface area contributed by atoms with Crippen molar-refractivity contribution in [3.05, 3.63) is 77.1 Å². The first-order chi connectivity index (χ1) is 11.6. The van der Waals surface area contributed by atoms with E-state index >= 15 is 0 Å². The molecule has 0 saturated carbocycles. The summed E-state index contributed by atoms with van der Waals surface area (Å²) in [5.74, 6) is 0. The smallest absolute Gasteiger partial charge is 0.175 e. The van der Waals surface area contributed by atoms with Crippen LogP contribution in [0.1, 0.15) is 11.1 Å². The highest BCUT2D eigenvalue weighted by molar-refractivity contribution is 7.80. The summed E-state index contributed by atoms with van der Waals surface area (Å²) < 4.78 is 1.85. The summed E-state index contributed by atoms with van der Waals surface area (Å²) in [6, 6.07) is 15.7. The Morgan fingerprint density at radius 3 is 2.62 bits per heavy atom. The van der Waals surface area contributed by atoms with Crippen molar-refractivity contribution in [2.45, 2.75) is 13.5 Å². The molecule has 0 aliphatic heterocycles. The molecule has 0 bridgehead atoms. The van der Waals surface area contributed by atoms with E-state index in [-0.39, 0.29) is 0 Å². The highest BCUT2D eigenvalue weighted by Gasteiger charge is 2.04. The zero-order valence-electron chi connectivity index (χ0n) is 13.2. The van der Waals surface area contributed by atoms with E-state index in [9.17, 15) is 0 Å². The summed E-state index contributed by atoms with van der Waals surface area (Å²) >= 11 is 11.3. The predicted molar refractivity (Wildman–Crippen MR) is 104 cm³/mol. The molecular weight excluding hydrogens is 340 g/mol. The quantitative estimate of drug-likeness (QED) is 0.665. The summed E-state index contributed by atoms with van der Waals surface area (Å²) in [5.41, 5.74) is 4.10. The third-order valence-corrected chi connectivity index (χ3v) is 4.00. The van der Waals surface area contributed by atoms with Gasteiger partial charge in [-0.05, 0) is 48.5 Å². The van der Waals surface area contributed by atoms with Crippen LogP contribution in [0.4, 0.5) is 11.4 Å². The first-order valence-corrected chi connectivity index (χ1v) is 8.29. The minimum Gasteiger partial charge on any atom is -0.332 e. The molecule has 1 aromatic heterocycles. The lowest BCUT2D eigenvalue weighted by atomic mass is 10.2. The van der Waals surface area contributed by atoms with Crippen molar-refractivity contribution in [2.24, 2.45) is 0 Å². The van der Waals surface area contributed by atoms with E-state index in [1.165, 1.54) is 0 Å². The van der Waals surface area contributed by atoms with Gasteiger partial charge in [0.05, 0.1) is 18.4 Å². The molecule has 6 heteroatoms. The van der Waals surface area contributed by atoms with Gasteiger partial charge in [0.25, 0.3) is 0 Å². The molecule has 0 aliphatic rings. The minimum absolute atomic E-state index is 0.537. The van der Waals surface area contributed by atoms with E-state index in [0.717, 1.165) is 27.5 Å². The van der Waals surface area contributed by atoms with Crippen molar-refractivity contribution < 1.29 is 0 Å². The summed E-state index contributed by atoms with van der Waals surface area (Å²) in [6.07, 6.45) is 3.67. The van der Waals surface area contributed by atoms with Gasteiger partial charge in [0.2, 0.25) is 0 Å². The van der Waals surface area contributed by atoms with E-state index in [4.69, 9.17) is 23.8 Å². The summed E-state index contributed by atoms with van der Waals surface area (Å²) in [5, 5.41) is 12.0. The topological polar surface area (TPSA) is 41.9 Å². The molecular formula is C18H17ClN4S. The molecule has 0 atom stereocenters. The fourth-order valence-electron chi connectivity index (χ4n) is 2.29. The second-order valence-electron chi connectivity index (χ2n) is 5.45. The molecule has 0 saturated heterocycles. The van der Waals surface area contributed by atoms with Crippen LogP contribution in [0.25, 0.3) is 0 Å². The number of halogens is 1. The number of anilines is 2. The van der Waals surface area contributed by atoms with Crippen molar-refractivity contribution in [3.8, 4) is 0 Å². The van der Waals surface area contributed by atoms with Crippen molar-refractivity contribution in [2.75, 3.05) is 10.6 Å². The van der Waals surface area contributed by atoms with Gasteiger partial charge in [0, 0.05) is 16.9 Å². The average Bonchev–Trinajstić information content (AvgIpc) is 2.99. The Morgan fingerprint density at radius 1 is 1.12 bits per heavy atom. The number of aromatic nitrogens is 2. The number of nitrogens with zero attached hydrogens (tertiary/aromatic N) is 2. The van der Waals surface area contributed by atoms with Gasteiger partial charge in [0.1, 0.15) is 0 Å². The van der Waals surface area contributed by atoms with E-state index in [0.29, 0.717) is 11.7 Å². The summed E-state index contributed by atoms with van der Waals surface area (Å²) in [7, 11) is 0. The van der Waals surface area contributed by atoms with Gasteiger partial charge >= 0.3 is 0 Å². The van der Waals surface area contributed by atoms with Crippen LogP contribution in [0.15, 0.2) is 60.9 Å². The molecule has 2 aromatic carbocycles. The number of thiocarbonyl (C=S) groups is 1.